The minimum atomic E-state index is -1.41. The van der Waals surface area contributed by atoms with Gasteiger partial charge in [0, 0.05) is 18.2 Å². The molecule has 2 heterocycles. The summed E-state index contributed by atoms with van der Waals surface area (Å²) in [6.45, 7) is 1.23. The van der Waals surface area contributed by atoms with Gasteiger partial charge in [0.25, 0.3) is 0 Å². The standard InChI is InChI=1S/C24H29ClO6/c25-19-6-5-17(24-23(29)22(28)21(27)20(12-26)31-24)11-18(19)10-15-3-1-14(2-4-15)9-16-7-8-30-13-16/h1-6,11,16,20-24,26-29H,7-10,12-13H2/t16-,20-,21-,22+,23-,24+/m1/s1. The molecular formula is C24H29ClO6. The molecule has 168 valence electrons. The largest absolute Gasteiger partial charge is 0.394 e. The minimum Gasteiger partial charge on any atom is -0.394 e. The van der Waals surface area contributed by atoms with Gasteiger partial charge < -0.3 is 29.9 Å². The molecule has 6 atom stereocenters. The van der Waals surface area contributed by atoms with E-state index >= 15 is 0 Å². The molecule has 0 radical (unpaired) electrons. The van der Waals surface area contributed by atoms with Crippen LogP contribution in [0.4, 0.5) is 0 Å². The quantitative estimate of drug-likeness (QED) is 0.539. The summed E-state index contributed by atoms with van der Waals surface area (Å²) in [6.07, 6.45) is -3.18. The van der Waals surface area contributed by atoms with Gasteiger partial charge in [0.1, 0.15) is 30.5 Å². The monoisotopic (exact) mass is 448 g/mol. The van der Waals surface area contributed by atoms with Gasteiger partial charge in [0.2, 0.25) is 0 Å². The molecule has 6 nitrogen and oxygen atoms in total. The first kappa shape index (κ1) is 22.7. The first-order chi connectivity index (χ1) is 15.0. The second-order valence-corrected chi connectivity index (χ2v) is 8.93. The van der Waals surface area contributed by atoms with E-state index < -0.39 is 37.1 Å². The summed E-state index contributed by atoms with van der Waals surface area (Å²) in [5.74, 6) is 0.593. The first-order valence-electron chi connectivity index (χ1n) is 10.7. The van der Waals surface area contributed by atoms with Gasteiger partial charge in [-0.25, -0.2) is 0 Å². The molecule has 0 unspecified atom stereocenters. The number of aliphatic hydroxyl groups is 4. The molecule has 0 bridgehead atoms. The fraction of sp³-hybridized carbons (Fsp3) is 0.500. The Morgan fingerprint density at radius 1 is 0.935 bits per heavy atom. The lowest BCUT2D eigenvalue weighted by atomic mass is 9.90. The average Bonchev–Trinajstić information content (AvgIpc) is 3.28. The van der Waals surface area contributed by atoms with Crippen molar-refractivity contribution < 1.29 is 29.9 Å². The maximum Gasteiger partial charge on any atom is 0.113 e. The summed E-state index contributed by atoms with van der Waals surface area (Å²) in [5, 5.41) is 40.5. The SMILES string of the molecule is OC[C@H]1O[C@@H](c2ccc(Cl)c(Cc3ccc(C[C@H]4CCOC4)cc3)c2)[C@H](O)[C@@H](O)[C@@H]1O. The van der Waals surface area contributed by atoms with E-state index in [1.807, 2.05) is 6.07 Å². The second-order valence-electron chi connectivity index (χ2n) is 8.53. The van der Waals surface area contributed by atoms with E-state index in [9.17, 15) is 20.4 Å². The van der Waals surface area contributed by atoms with Crippen molar-refractivity contribution in [2.45, 2.75) is 49.8 Å². The van der Waals surface area contributed by atoms with Gasteiger partial charge in [0.05, 0.1) is 6.61 Å². The number of aliphatic hydroxyl groups excluding tert-OH is 4. The molecule has 0 amide bonds. The third-order valence-corrected chi connectivity index (χ3v) is 6.63. The molecule has 0 aliphatic carbocycles. The van der Waals surface area contributed by atoms with Crippen LogP contribution < -0.4 is 0 Å². The Morgan fingerprint density at radius 2 is 1.68 bits per heavy atom. The van der Waals surface area contributed by atoms with Crippen molar-refractivity contribution >= 4 is 11.6 Å². The van der Waals surface area contributed by atoms with Crippen molar-refractivity contribution in [2.75, 3.05) is 19.8 Å². The highest BCUT2D eigenvalue weighted by molar-refractivity contribution is 6.31. The molecule has 31 heavy (non-hydrogen) atoms. The lowest BCUT2D eigenvalue weighted by molar-refractivity contribution is -0.231. The molecule has 4 N–H and O–H groups in total. The van der Waals surface area contributed by atoms with Gasteiger partial charge >= 0.3 is 0 Å². The molecule has 2 aromatic carbocycles. The maximum absolute atomic E-state index is 10.4. The lowest BCUT2D eigenvalue weighted by Gasteiger charge is -2.40. The molecule has 2 aliphatic rings. The van der Waals surface area contributed by atoms with Crippen molar-refractivity contribution in [3.05, 3.63) is 69.7 Å². The fourth-order valence-electron chi connectivity index (χ4n) is 4.37. The van der Waals surface area contributed by atoms with Crippen molar-refractivity contribution in [3.8, 4) is 0 Å². The van der Waals surface area contributed by atoms with Crippen LogP contribution in [-0.4, -0.2) is 64.7 Å². The van der Waals surface area contributed by atoms with Crippen LogP contribution in [0, 0.1) is 5.92 Å². The zero-order chi connectivity index (χ0) is 22.0. The molecule has 4 rings (SSSR count). The Kier molecular flexibility index (Phi) is 7.29. The van der Waals surface area contributed by atoms with E-state index in [1.165, 1.54) is 5.56 Å². The summed E-state index contributed by atoms with van der Waals surface area (Å²) in [7, 11) is 0. The van der Waals surface area contributed by atoms with E-state index in [1.54, 1.807) is 12.1 Å². The predicted molar refractivity (Wildman–Crippen MR) is 116 cm³/mol. The van der Waals surface area contributed by atoms with Crippen LogP contribution >= 0.6 is 11.6 Å². The van der Waals surface area contributed by atoms with Crippen LogP contribution in [0.3, 0.4) is 0 Å². The van der Waals surface area contributed by atoms with Crippen LogP contribution in [0.5, 0.6) is 0 Å². The molecule has 7 heteroatoms. The van der Waals surface area contributed by atoms with E-state index in [-0.39, 0.29) is 0 Å². The molecule has 2 saturated heterocycles. The van der Waals surface area contributed by atoms with Crippen LogP contribution in [0.15, 0.2) is 42.5 Å². The highest BCUT2D eigenvalue weighted by Gasteiger charge is 2.44. The van der Waals surface area contributed by atoms with Crippen molar-refractivity contribution in [1.82, 2.24) is 0 Å². The minimum absolute atomic E-state index is 0.457. The number of benzene rings is 2. The highest BCUT2D eigenvalue weighted by atomic mass is 35.5. The fourth-order valence-corrected chi connectivity index (χ4v) is 4.56. The molecule has 2 fully saturated rings. The Labute approximate surface area is 187 Å². The van der Waals surface area contributed by atoms with E-state index in [0.717, 1.165) is 37.2 Å². The zero-order valence-corrected chi connectivity index (χ0v) is 18.0. The number of ether oxygens (including phenoxy) is 2. The van der Waals surface area contributed by atoms with Crippen LogP contribution in [0.1, 0.15) is 34.8 Å². The van der Waals surface area contributed by atoms with Crippen LogP contribution in [-0.2, 0) is 22.3 Å². The molecule has 0 aromatic heterocycles. The normalized spacial score (nSPS) is 31.1. The first-order valence-corrected chi connectivity index (χ1v) is 11.1. The Bertz CT molecular complexity index is 865. The second kappa shape index (κ2) is 9.96. The molecule has 0 saturated carbocycles. The van der Waals surface area contributed by atoms with Crippen molar-refractivity contribution in [2.24, 2.45) is 5.92 Å². The van der Waals surface area contributed by atoms with E-state index in [4.69, 9.17) is 21.1 Å². The average molecular weight is 449 g/mol. The summed E-state index contributed by atoms with van der Waals surface area (Å²) < 4.78 is 11.1. The van der Waals surface area contributed by atoms with E-state index in [0.29, 0.717) is 22.9 Å². The predicted octanol–water partition coefficient (Wildman–Crippen LogP) is 2.02. The van der Waals surface area contributed by atoms with E-state index in [2.05, 4.69) is 24.3 Å². The number of hydrogen-bond donors (Lipinski definition) is 4. The third kappa shape index (κ3) is 5.12. The molecular weight excluding hydrogens is 420 g/mol. The Hall–Kier alpha value is -1.51. The zero-order valence-electron chi connectivity index (χ0n) is 17.2. The Balaban J connectivity index is 1.49. The van der Waals surface area contributed by atoms with Crippen LogP contribution in [0.2, 0.25) is 5.02 Å². The van der Waals surface area contributed by atoms with Gasteiger partial charge in [-0.2, -0.15) is 0 Å². The van der Waals surface area contributed by atoms with Crippen LogP contribution in [0.25, 0.3) is 0 Å². The van der Waals surface area contributed by atoms with Gasteiger partial charge in [-0.15, -0.1) is 0 Å². The van der Waals surface area contributed by atoms with Gasteiger partial charge in [0.15, 0.2) is 0 Å². The summed E-state index contributed by atoms with van der Waals surface area (Å²) in [4.78, 5) is 0. The summed E-state index contributed by atoms with van der Waals surface area (Å²) in [6, 6.07) is 13.8. The smallest absolute Gasteiger partial charge is 0.113 e. The third-order valence-electron chi connectivity index (χ3n) is 6.26. The lowest BCUT2D eigenvalue weighted by Crippen LogP contribution is -2.55. The highest BCUT2D eigenvalue weighted by Crippen LogP contribution is 2.34. The van der Waals surface area contributed by atoms with Gasteiger partial charge in [-0.05, 0) is 53.5 Å². The van der Waals surface area contributed by atoms with Crippen molar-refractivity contribution in [3.63, 3.8) is 0 Å². The Morgan fingerprint density at radius 3 is 2.35 bits per heavy atom. The summed E-state index contributed by atoms with van der Waals surface area (Å²) >= 11 is 6.43. The number of hydrogen-bond acceptors (Lipinski definition) is 6. The summed E-state index contributed by atoms with van der Waals surface area (Å²) in [5.41, 5.74) is 3.90. The number of halogens is 1. The topological polar surface area (TPSA) is 99.4 Å². The molecule has 0 spiro atoms. The maximum atomic E-state index is 10.4. The molecule has 2 aliphatic heterocycles. The molecule has 2 aromatic rings. The van der Waals surface area contributed by atoms with Crippen molar-refractivity contribution in [1.29, 1.82) is 0 Å². The van der Waals surface area contributed by atoms with Gasteiger partial charge in [-0.1, -0.05) is 48.0 Å². The van der Waals surface area contributed by atoms with Gasteiger partial charge in [-0.3, -0.25) is 0 Å². The number of rotatable bonds is 6.